The van der Waals surface area contributed by atoms with Gasteiger partial charge < -0.3 is 10.4 Å². The Hall–Kier alpha value is -1.61. The van der Waals surface area contributed by atoms with Crippen LogP contribution in [0.3, 0.4) is 0 Å². The third-order valence-electron chi connectivity index (χ3n) is 2.28. The molecule has 1 aromatic rings. The monoisotopic (exact) mass is 219 g/mol. The topological polar surface area (TPSA) is 49.3 Å². The fraction of sp³-hybridized carbons (Fsp3) is 0.308. The zero-order valence-electron chi connectivity index (χ0n) is 9.44. The molecule has 0 atom stereocenters. The van der Waals surface area contributed by atoms with Gasteiger partial charge in [-0.3, -0.25) is 4.79 Å². The van der Waals surface area contributed by atoms with Crippen LogP contribution in [0.4, 0.5) is 0 Å². The van der Waals surface area contributed by atoms with E-state index in [1.54, 1.807) is 0 Å². The highest BCUT2D eigenvalue weighted by atomic mass is 16.4. The highest BCUT2D eigenvalue weighted by Crippen LogP contribution is 2.12. The van der Waals surface area contributed by atoms with Gasteiger partial charge >= 0.3 is 5.97 Å². The molecule has 0 aliphatic rings. The summed E-state index contributed by atoms with van der Waals surface area (Å²) in [5.74, 6) is -0.756. The smallest absolute Gasteiger partial charge is 0.303 e. The maximum Gasteiger partial charge on any atom is 0.303 e. The van der Waals surface area contributed by atoms with E-state index in [1.807, 2.05) is 43.5 Å². The molecule has 1 rings (SSSR count). The molecule has 0 aliphatic heterocycles. The molecule has 86 valence electrons. The van der Waals surface area contributed by atoms with Gasteiger partial charge in [0.05, 0.1) is 0 Å². The Labute approximate surface area is 95.8 Å². The van der Waals surface area contributed by atoms with Gasteiger partial charge in [0.2, 0.25) is 0 Å². The number of likely N-dealkylation sites (N-methyl/N-ethyl adjacent to an activating group) is 1. The molecule has 3 nitrogen and oxygen atoms in total. The Bertz CT molecular complexity index is 372. The second-order valence-electron chi connectivity index (χ2n) is 3.55. The molecule has 0 saturated heterocycles. The molecule has 3 heteroatoms. The summed E-state index contributed by atoms with van der Waals surface area (Å²) in [6.07, 6.45) is 4.81. The number of rotatable bonds is 6. The average Bonchev–Trinajstić information content (AvgIpc) is 2.28. The van der Waals surface area contributed by atoms with Crippen LogP contribution in [0.2, 0.25) is 0 Å². The Balaban J connectivity index is 2.71. The van der Waals surface area contributed by atoms with Gasteiger partial charge in [-0.05, 0) is 24.6 Å². The lowest BCUT2D eigenvalue weighted by atomic mass is 10.0. The molecule has 16 heavy (non-hydrogen) atoms. The predicted octanol–water partition coefficient (Wildman–Crippen LogP) is 1.94. The van der Waals surface area contributed by atoms with Gasteiger partial charge in [-0.15, -0.1) is 0 Å². The van der Waals surface area contributed by atoms with Crippen LogP contribution in [0.5, 0.6) is 0 Å². The van der Waals surface area contributed by atoms with E-state index >= 15 is 0 Å². The van der Waals surface area contributed by atoms with E-state index in [1.165, 1.54) is 0 Å². The van der Waals surface area contributed by atoms with Crippen LogP contribution in [0.1, 0.15) is 17.5 Å². The van der Waals surface area contributed by atoms with Crippen molar-refractivity contribution in [2.75, 3.05) is 13.6 Å². The van der Waals surface area contributed by atoms with Crippen molar-refractivity contribution >= 4 is 12.0 Å². The van der Waals surface area contributed by atoms with Gasteiger partial charge in [-0.2, -0.15) is 0 Å². The largest absolute Gasteiger partial charge is 0.481 e. The number of hydrogen-bond acceptors (Lipinski definition) is 2. The van der Waals surface area contributed by atoms with E-state index in [0.717, 1.165) is 17.7 Å². The Morgan fingerprint density at radius 3 is 2.88 bits per heavy atom. The molecular weight excluding hydrogens is 202 g/mol. The lowest BCUT2D eigenvalue weighted by Gasteiger charge is -2.03. The number of aryl methyl sites for hydroxylation is 1. The normalized spacial score (nSPS) is 10.8. The van der Waals surface area contributed by atoms with Crippen molar-refractivity contribution in [3.63, 3.8) is 0 Å². The van der Waals surface area contributed by atoms with Crippen LogP contribution < -0.4 is 5.32 Å². The molecule has 0 spiro atoms. The quantitative estimate of drug-likeness (QED) is 0.768. The Kier molecular flexibility index (Phi) is 5.29. The van der Waals surface area contributed by atoms with Crippen LogP contribution in [0, 0.1) is 0 Å². The maximum absolute atomic E-state index is 10.5. The van der Waals surface area contributed by atoms with E-state index in [-0.39, 0.29) is 6.42 Å². The third kappa shape index (κ3) is 4.28. The lowest BCUT2D eigenvalue weighted by molar-refractivity contribution is -0.136. The second kappa shape index (κ2) is 6.80. The van der Waals surface area contributed by atoms with E-state index in [4.69, 9.17) is 5.11 Å². The number of carbonyl (C=O) groups is 1. The van der Waals surface area contributed by atoms with E-state index in [2.05, 4.69) is 5.32 Å². The number of carboxylic acids is 1. The van der Waals surface area contributed by atoms with Gasteiger partial charge in [0.15, 0.2) is 0 Å². The standard InChI is InChI=1S/C13H17NO2/c1-14-10-4-7-11-5-2-3-6-12(11)8-9-13(15)16/h2-7,14H,8-10H2,1H3,(H,15,16). The SMILES string of the molecule is CNCC=Cc1ccccc1CCC(=O)O. The molecule has 0 amide bonds. The third-order valence-corrected chi connectivity index (χ3v) is 2.28. The average molecular weight is 219 g/mol. The molecular formula is C13H17NO2. The van der Waals surface area contributed by atoms with Crippen LogP contribution >= 0.6 is 0 Å². The molecule has 0 aliphatic carbocycles. The minimum Gasteiger partial charge on any atom is -0.481 e. The van der Waals surface area contributed by atoms with Crippen molar-refractivity contribution in [1.29, 1.82) is 0 Å². The van der Waals surface area contributed by atoms with Crippen LogP contribution in [-0.4, -0.2) is 24.7 Å². The Morgan fingerprint density at radius 2 is 2.19 bits per heavy atom. The highest BCUT2D eigenvalue weighted by molar-refractivity contribution is 5.67. The summed E-state index contributed by atoms with van der Waals surface area (Å²) in [6.45, 7) is 0.813. The van der Waals surface area contributed by atoms with Gasteiger partial charge in [0, 0.05) is 13.0 Å². The number of carboxylic acid groups (broad SMARTS) is 1. The summed E-state index contributed by atoms with van der Waals surface area (Å²) in [6, 6.07) is 7.88. The summed E-state index contributed by atoms with van der Waals surface area (Å²) in [4.78, 5) is 10.5. The van der Waals surface area contributed by atoms with E-state index in [0.29, 0.717) is 6.42 Å². The van der Waals surface area contributed by atoms with Crippen molar-refractivity contribution in [2.45, 2.75) is 12.8 Å². The van der Waals surface area contributed by atoms with Crippen LogP contribution in [0.25, 0.3) is 6.08 Å². The van der Waals surface area contributed by atoms with Crippen molar-refractivity contribution < 1.29 is 9.90 Å². The molecule has 0 unspecified atom stereocenters. The number of aliphatic carboxylic acids is 1. The number of benzene rings is 1. The number of nitrogens with one attached hydrogen (secondary N) is 1. The minimum absolute atomic E-state index is 0.177. The molecule has 1 aromatic carbocycles. The summed E-state index contributed by atoms with van der Waals surface area (Å²) in [5, 5.41) is 11.7. The number of hydrogen-bond donors (Lipinski definition) is 2. The first-order valence-corrected chi connectivity index (χ1v) is 5.35. The first-order valence-electron chi connectivity index (χ1n) is 5.35. The van der Waals surface area contributed by atoms with Gasteiger partial charge in [-0.25, -0.2) is 0 Å². The fourth-order valence-corrected chi connectivity index (χ4v) is 1.47. The summed E-state index contributed by atoms with van der Waals surface area (Å²) >= 11 is 0. The predicted molar refractivity (Wildman–Crippen MR) is 65.4 cm³/mol. The molecule has 0 aromatic heterocycles. The van der Waals surface area contributed by atoms with E-state index < -0.39 is 5.97 Å². The molecule has 0 bridgehead atoms. The highest BCUT2D eigenvalue weighted by Gasteiger charge is 2.01. The van der Waals surface area contributed by atoms with Gasteiger partial charge in [-0.1, -0.05) is 36.4 Å². The molecule has 0 heterocycles. The summed E-state index contributed by atoms with van der Waals surface area (Å²) in [7, 11) is 1.89. The van der Waals surface area contributed by atoms with Crippen molar-refractivity contribution in [2.24, 2.45) is 0 Å². The van der Waals surface area contributed by atoms with Gasteiger partial charge in [0.1, 0.15) is 0 Å². The Morgan fingerprint density at radius 1 is 1.44 bits per heavy atom. The van der Waals surface area contributed by atoms with Crippen molar-refractivity contribution in [3.8, 4) is 0 Å². The lowest BCUT2D eigenvalue weighted by Crippen LogP contribution is -2.04. The fourth-order valence-electron chi connectivity index (χ4n) is 1.47. The van der Waals surface area contributed by atoms with Crippen molar-refractivity contribution in [3.05, 3.63) is 41.5 Å². The second-order valence-corrected chi connectivity index (χ2v) is 3.55. The van der Waals surface area contributed by atoms with E-state index in [9.17, 15) is 4.79 Å². The zero-order chi connectivity index (χ0) is 11.8. The first kappa shape index (κ1) is 12.5. The van der Waals surface area contributed by atoms with Crippen LogP contribution in [0.15, 0.2) is 30.3 Å². The summed E-state index contributed by atoms with van der Waals surface area (Å²) in [5.41, 5.74) is 2.18. The molecule has 0 fully saturated rings. The maximum atomic E-state index is 10.5. The molecule has 0 saturated carbocycles. The van der Waals surface area contributed by atoms with Gasteiger partial charge in [0.25, 0.3) is 0 Å². The molecule has 2 N–H and O–H groups in total. The van der Waals surface area contributed by atoms with Crippen molar-refractivity contribution in [1.82, 2.24) is 5.32 Å². The first-order chi connectivity index (χ1) is 7.74. The minimum atomic E-state index is -0.756. The van der Waals surface area contributed by atoms with Crippen LogP contribution in [-0.2, 0) is 11.2 Å². The molecule has 0 radical (unpaired) electrons. The summed E-state index contributed by atoms with van der Waals surface area (Å²) < 4.78 is 0. The zero-order valence-corrected chi connectivity index (χ0v) is 9.44.